The van der Waals surface area contributed by atoms with Gasteiger partial charge in [0, 0.05) is 135 Å². The molecular formula is C82H92N12O11. The number of aromatic nitrogens is 6. The second-order valence-electron chi connectivity index (χ2n) is 27.1. The van der Waals surface area contributed by atoms with Crippen LogP contribution in [0.5, 0.6) is 11.8 Å². The van der Waals surface area contributed by atoms with Crippen molar-refractivity contribution < 1.29 is 51.7 Å². The van der Waals surface area contributed by atoms with Gasteiger partial charge in [0.25, 0.3) is 5.91 Å². The topological polar surface area (TPSA) is 221 Å². The monoisotopic (exact) mass is 1420 g/mol. The van der Waals surface area contributed by atoms with Gasteiger partial charge in [-0.1, -0.05) is 140 Å². The molecule has 23 nitrogen and oxygen atoms in total. The highest BCUT2D eigenvalue weighted by Crippen LogP contribution is 2.33. The van der Waals surface area contributed by atoms with Crippen molar-refractivity contribution in [3.8, 4) is 34.3 Å². The maximum absolute atomic E-state index is 14.4. The van der Waals surface area contributed by atoms with E-state index in [9.17, 15) is 19.2 Å². The third kappa shape index (κ3) is 20.5. The molecule has 0 bridgehead atoms. The lowest BCUT2D eigenvalue weighted by atomic mass is 10.1. The van der Waals surface area contributed by atoms with Crippen LogP contribution in [-0.2, 0) is 39.9 Å². The van der Waals surface area contributed by atoms with Gasteiger partial charge in [-0.2, -0.15) is 0 Å². The fraction of sp³-hybridized carbons (Fsp3) is 0.341. The first-order chi connectivity index (χ1) is 51.1. The fourth-order valence-corrected chi connectivity index (χ4v) is 12.6. The van der Waals surface area contributed by atoms with Gasteiger partial charge in [0.1, 0.15) is 28.5 Å². The summed E-state index contributed by atoms with van der Waals surface area (Å²) in [6.07, 6.45) is 8.63. The minimum atomic E-state index is -0.637. The van der Waals surface area contributed by atoms with Gasteiger partial charge in [-0.15, -0.1) is 0 Å². The summed E-state index contributed by atoms with van der Waals surface area (Å²) in [5.41, 5.74) is 9.22. The molecule has 2 aliphatic heterocycles. The summed E-state index contributed by atoms with van der Waals surface area (Å²) in [5.74, 6) is 1.87. The standard InChI is InChI=1S/C42H44N6O5.C40H48N6O6/c1-45(40(49)34-17-9-4-10-18-34)22-23-47(21-12-20-46-24-27-51-28-25-46)42(50)53-41-37(30-35-19-11-26-52-35)44-39-36(29-32-13-5-2-6-14-32)43-38(31-48(39)41)33-15-7-3-8-16-33;1-40(2,3)52-38(47)43(4)20-21-45(19-12-18-44-22-25-49-26-23-44)39(48)51-37-34(28-32-17-11-24-50-32)42-36-33(27-30-13-7-5-8-14-30)41-35(29-46(36)37)31-15-9-6-10-16-31/h2-11,13-19,26,31H,12,20-25,27-30H2,1H3;5-11,13-17,24,29H,12,18-23,25-28H2,1-4H3. The molecule has 2 aliphatic rings. The van der Waals surface area contributed by atoms with Gasteiger partial charge >= 0.3 is 18.3 Å². The van der Waals surface area contributed by atoms with E-state index in [0.29, 0.717) is 123 Å². The van der Waals surface area contributed by atoms with Crippen molar-refractivity contribution in [2.24, 2.45) is 0 Å². The number of morpholine rings is 2. The van der Waals surface area contributed by atoms with Crippen LogP contribution in [0.3, 0.4) is 0 Å². The van der Waals surface area contributed by atoms with E-state index in [1.807, 2.05) is 181 Å². The molecule has 0 atom stereocenters. The Labute approximate surface area is 612 Å². The number of furan rings is 2. The van der Waals surface area contributed by atoms with Crippen molar-refractivity contribution in [1.82, 2.24) is 58.1 Å². The number of likely N-dealkylation sites (N-methyl/N-ethyl adjacent to an activating group) is 2. The lowest BCUT2D eigenvalue weighted by Gasteiger charge is -2.29. The lowest BCUT2D eigenvalue weighted by Crippen LogP contribution is -2.44. The van der Waals surface area contributed by atoms with Gasteiger partial charge < -0.3 is 52.1 Å². The van der Waals surface area contributed by atoms with Crippen molar-refractivity contribution in [2.75, 3.05) is 119 Å². The molecule has 0 spiro atoms. The predicted molar refractivity (Wildman–Crippen MR) is 400 cm³/mol. The van der Waals surface area contributed by atoms with Crippen LogP contribution in [0, 0.1) is 0 Å². The van der Waals surface area contributed by atoms with Crippen molar-refractivity contribution >= 4 is 35.5 Å². The zero-order valence-corrected chi connectivity index (χ0v) is 60.5. The van der Waals surface area contributed by atoms with E-state index in [4.69, 9.17) is 52.5 Å². The van der Waals surface area contributed by atoms with Crippen molar-refractivity contribution in [2.45, 2.75) is 64.9 Å². The Bertz CT molecular complexity index is 4560. The minimum absolute atomic E-state index is 0.110. The number of rotatable bonds is 27. The van der Waals surface area contributed by atoms with Crippen LogP contribution in [0.25, 0.3) is 33.8 Å². The Balaban J connectivity index is 0.000000197. The molecule has 0 aliphatic carbocycles. The van der Waals surface area contributed by atoms with E-state index in [0.717, 1.165) is 97.1 Å². The number of hydrogen-bond acceptors (Lipinski definition) is 17. The van der Waals surface area contributed by atoms with Gasteiger partial charge in [-0.25, -0.2) is 34.3 Å². The highest BCUT2D eigenvalue weighted by atomic mass is 16.6. The second kappa shape index (κ2) is 36.0. The molecule has 0 unspecified atom stereocenters. The lowest BCUT2D eigenvalue weighted by molar-refractivity contribution is 0.0277. The van der Waals surface area contributed by atoms with Crippen molar-refractivity contribution in [3.63, 3.8) is 0 Å². The average Bonchev–Trinajstić information content (AvgIpc) is 1.63. The Hall–Kier alpha value is -11.0. The molecule has 546 valence electrons. The van der Waals surface area contributed by atoms with Gasteiger partial charge in [0.05, 0.1) is 74.6 Å². The van der Waals surface area contributed by atoms with E-state index in [2.05, 4.69) is 34.1 Å². The van der Waals surface area contributed by atoms with Crippen LogP contribution >= 0.6 is 0 Å². The molecule has 5 aromatic carbocycles. The fourth-order valence-electron chi connectivity index (χ4n) is 12.6. The number of amides is 4. The zero-order valence-electron chi connectivity index (χ0n) is 60.5. The maximum atomic E-state index is 14.4. The molecule has 8 heterocycles. The minimum Gasteiger partial charge on any atom is -0.469 e. The van der Waals surface area contributed by atoms with E-state index < -0.39 is 23.9 Å². The highest BCUT2D eigenvalue weighted by molar-refractivity contribution is 5.94. The molecule has 23 heteroatoms. The van der Waals surface area contributed by atoms with E-state index in [1.165, 1.54) is 4.90 Å². The van der Waals surface area contributed by atoms with Crippen LogP contribution in [0.2, 0.25) is 0 Å². The van der Waals surface area contributed by atoms with Crippen LogP contribution in [0.4, 0.5) is 14.4 Å². The highest BCUT2D eigenvalue weighted by Gasteiger charge is 2.30. The number of imidazole rings is 2. The molecule has 0 saturated carbocycles. The third-order valence-electron chi connectivity index (χ3n) is 18.2. The molecule has 0 N–H and O–H groups in total. The summed E-state index contributed by atoms with van der Waals surface area (Å²) >= 11 is 0. The molecular weight excluding hydrogens is 1330 g/mol. The van der Waals surface area contributed by atoms with Crippen LogP contribution in [0.1, 0.15) is 89.4 Å². The molecule has 6 aromatic heterocycles. The summed E-state index contributed by atoms with van der Waals surface area (Å²) in [4.78, 5) is 86.1. The molecule has 4 amide bonds. The smallest absolute Gasteiger partial charge is 0.416 e. The SMILES string of the molecule is CN(CCN(CCCN1CCOCC1)C(=O)Oc1c(Cc2ccco2)nc2c(Cc3ccccc3)nc(-c3ccccc3)cn12)C(=O)OC(C)(C)C.CN(CCN(CCCN1CCOCC1)C(=O)Oc1c(Cc2ccco2)nc2c(Cc3ccccc3)nc(-c3ccccc3)cn12)C(=O)c1ccccc1. The number of ether oxygens (including phenoxy) is 5. The largest absolute Gasteiger partial charge is 0.469 e. The summed E-state index contributed by atoms with van der Waals surface area (Å²) in [6.45, 7) is 15.4. The molecule has 105 heavy (non-hydrogen) atoms. The van der Waals surface area contributed by atoms with Gasteiger partial charge in [0.2, 0.25) is 11.8 Å². The summed E-state index contributed by atoms with van der Waals surface area (Å²) in [7, 11) is 3.43. The first kappa shape index (κ1) is 73.8. The normalized spacial score (nSPS) is 13.4. The first-order valence-electron chi connectivity index (χ1n) is 36.0. The van der Waals surface area contributed by atoms with Gasteiger partial charge in [0.15, 0.2) is 11.3 Å². The third-order valence-corrected chi connectivity index (χ3v) is 18.2. The molecule has 2 fully saturated rings. The first-order valence-corrected chi connectivity index (χ1v) is 36.0. The molecule has 0 radical (unpaired) electrons. The van der Waals surface area contributed by atoms with Crippen molar-refractivity contribution in [3.05, 3.63) is 252 Å². The van der Waals surface area contributed by atoms with Gasteiger partial charge in [-0.05, 0) is 81.1 Å². The Kier molecular flexibility index (Phi) is 25.3. The van der Waals surface area contributed by atoms with E-state index >= 15 is 0 Å². The van der Waals surface area contributed by atoms with E-state index in [-0.39, 0.29) is 25.5 Å². The van der Waals surface area contributed by atoms with Gasteiger partial charge in [-0.3, -0.25) is 23.4 Å². The average molecular weight is 1420 g/mol. The quantitative estimate of drug-likeness (QED) is 0.0467. The summed E-state index contributed by atoms with van der Waals surface area (Å²) in [5, 5.41) is 0. The van der Waals surface area contributed by atoms with Crippen LogP contribution < -0.4 is 9.47 Å². The molecule has 2 saturated heterocycles. The molecule has 13 rings (SSSR count). The van der Waals surface area contributed by atoms with Crippen LogP contribution in [-0.4, -0.2) is 207 Å². The number of hydrogen-bond donors (Lipinski definition) is 0. The zero-order chi connectivity index (χ0) is 72.9. The second-order valence-corrected chi connectivity index (χ2v) is 27.1. The number of benzene rings is 5. The van der Waals surface area contributed by atoms with Crippen LogP contribution in [0.15, 0.2) is 210 Å². The number of carbonyl (C=O) groups is 4. The van der Waals surface area contributed by atoms with E-state index in [1.54, 1.807) is 53.5 Å². The number of carbonyl (C=O) groups excluding carboxylic acids is 4. The number of nitrogens with zero attached hydrogens (tertiary/aromatic N) is 12. The Morgan fingerprint density at radius 1 is 0.438 bits per heavy atom. The molecule has 11 aromatic rings. The Morgan fingerprint density at radius 3 is 1.24 bits per heavy atom. The van der Waals surface area contributed by atoms with Crippen molar-refractivity contribution in [1.29, 1.82) is 0 Å². The summed E-state index contributed by atoms with van der Waals surface area (Å²) < 4.78 is 44.5. The summed E-state index contributed by atoms with van der Waals surface area (Å²) in [6, 6.07) is 56.7. The number of fused-ring (bicyclic) bond motifs is 2. The Morgan fingerprint density at radius 2 is 0.838 bits per heavy atom. The predicted octanol–water partition coefficient (Wildman–Crippen LogP) is 13.0. The maximum Gasteiger partial charge on any atom is 0.416 e.